The number of fused-ring (bicyclic) bond motifs is 1. The van der Waals surface area contributed by atoms with Crippen molar-refractivity contribution in [3.05, 3.63) is 58.7 Å². The topological polar surface area (TPSA) is 71.2 Å². The number of rotatable bonds is 3. The average molecular weight is 355 g/mol. The van der Waals surface area contributed by atoms with Gasteiger partial charge in [0.25, 0.3) is 0 Å². The Balaban J connectivity index is 1.67. The Hall–Kier alpha value is -2.63. The van der Waals surface area contributed by atoms with Crippen molar-refractivity contribution in [1.82, 2.24) is 10.3 Å². The normalized spacial score (nSPS) is 17.5. The number of aromatic nitrogens is 1. The fraction of sp³-hybridized carbons (Fsp3) is 0.158. The van der Waals surface area contributed by atoms with Gasteiger partial charge in [-0.1, -0.05) is 35.9 Å². The molecule has 2 aromatic carbocycles. The van der Waals surface area contributed by atoms with Gasteiger partial charge in [-0.15, -0.1) is 0 Å². The lowest BCUT2D eigenvalue weighted by molar-refractivity contribution is -0.133. The molecule has 0 bridgehead atoms. The molecule has 4 rings (SSSR count). The zero-order valence-corrected chi connectivity index (χ0v) is 14.0. The van der Waals surface area contributed by atoms with Crippen LogP contribution in [0.2, 0.25) is 5.02 Å². The van der Waals surface area contributed by atoms with Crippen molar-refractivity contribution in [2.75, 3.05) is 13.2 Å². The van der Waals surface area contributed by atoms with E-state index in [1.165, 1.54) is 0 Å². The largest absolute Gasteiger partial charge is 0.362 e. The standard InChI is InChI=1S/C19H15ClN2O3/c20-16-6-17-15(13(9-23)7-21-17)5-14(16)11-1-3-12(4-2-11)18-8-22-19(24)10-25-18/h1-7,9,18,21H,8,10H2,(H,22,24)/t18-/m0/s1. The van der Waals surface area contributed by atoms with Gasteiger partial charge in [0, 0.05) is 34.8 Å². The fourth-order valence-corrected chi connectivity index (χ4v) is 3.34. The quantitative estimate of drug-likeness (QED) is 0.707. The Morgan fingerprint density at radius 3 is 2.68 bits per heavy atom. The fourth-order valence-electron chi connectivity index (χ4n) is 3.07. The predicted octanol–water partition coefficient (Wildman–Crippen LogP) is 3.49. The van der Waals surface area contributed by atoms with E-state index in [1.807, 2.05) is 36.4 Å². The third kappa shape index (κ3) is 2.92. The van der Waals surface area contributed by atoms with Gasteiger partial charge in [0.15, 0.2) is 6.29 Å². The van der Waals surface area contributed by atoms with Crippen LogP contribution in [-0.4, -0.2) is 30.3 Å². The van der Waals surface area contributed by atoms with Gasteiger partial charge < -0.3 is 15.0 Å². The molecule has 1 fully saturated rings. The van der Waals surface area contributed by atoms with E-state index in [4.69, 9.17) is 16.3 Å². The van der Waals surface area contributed by atoms with Gasteiger partial charge in [0.05, 0.1) is 5.02 Å². The minimum absolute atomic E-state index is 0.0802. The highest BCUT2D eigenvalue weighted by Gasteiger charge is 2.20. The summed E-state index contributed by atoms with van der Waals surface area (Å²) in [6, 6.07) is 11.6. The van der Waals surface area contributed by atoms with Crippen LogP contribution in [0.4, 0.5) is 0 Å². The molecular weight excluding hydrogens is 340 g/mol. The molecule has 25 heavy (non-hydrogen) atoms. The number of hydrogen-bond acceptors (Lipinski definition) is 3. The summed E-state index contributed by atoms with van der Waals surface area (Å²) in [6.07, 6.45) is 2.36. The van der Waals surface area contributed by atoms with Crippen molar-refractivity contribution >= 4 is 34.7 Å². The summed E-state index contributed by atoms with van der Waals surface area (Å²) >= 11 is 6.41. The molecule has 1 aliphatic heterocycles. The first-order chi connectivity index (χ1) is 12.2. The van der Waals surface area contributed by atoms with Gasteiger partial charge in [-0.2, -0.15) is 0 Å². The number of hydrogen-bond donors (Lipinski definition) is 2. The molecule has 1 aliphatic rings. The van der Waals surface area contributed by atoms with Crippen LogP contribution < -0.4 is 5.32 Å². The third-order valence-electron chi connectivity index (χ3n) is 4.42. The van der Waals surface area contributed by atoms with Crippen LogP contribution in [-0.2, 0) is 9.53 Å². The van der Waals surface area contributed by atoms with E-state index >= 15 is 0 Å². The minimum Gasteiger partial charge on any atom is -0.362 e. The van der Waals surface area contributed by atoms with E-state index in [0.29, 0.717) is 17.1 Å². The predicted molar refractivity (Wildman–Crippen MR) is 95.8 cm³/mol. The SMILES string of the molecule is O=Cc1c[nH]c2cc(Cl)c(-c3ccc([C@@H]4CNC(=O)CO4)cc3)cc12. The minimum atomic E-state index is -0.143. The lowest BCUT2D eigenvalue weighted by Crippen LogP contribution is -2.38. The summed E-state index contributed by atoms with van der Waals surface area (Å²) in [6.45, 7) is 0.549. The molecule has 0 spiro atoms. The van der Waals surface area contributed by atoms with Gasteiger partial charge in [0.1, 0.15) is 12.7 Å². The number of morpholine rings is 1. The van der Waals surface area contributed by atoms with Gasteiger partial charge in [0.2, 0.25) is 5.91 Å². The number of carbonyl (C=O) groups excluding carboxylic acids is 2. The van der Waals surface area contributed by atoms with E-state index in [9.17, 15) is 9.59 Å². The molecule has 1 aromatic heterocycles. The first-order valence-corrected chi connectivity index (χ1v) is 8.28. The van der Waals surface area contributed by atoms with Crippen LogP contribution in [0.3, 0.4) is 0 Å². The second kappa shape index (κ2) is 6.35. The molecule has 2 heterocycles. The zero-order chi connectivity index (χ0) is 17.4. The summed E-state index contributed by atoms with van der Waals surface area (Å²) in [5.74, 6) is -0.0922. The molecule has 3 aromatic rings. The average Bonchev–Trinajstić information content (AvgIpc) is 3.03. The van der Waals surface area contributed by atoms with Gasteiger partial charge in [-0.3, -0.25) is 9.59 Å². The number of amides is 1. The van der Waals surface area contributed by atoms with Gasteiger partial charge in [-0.25, -0.2) is 0 Å². The lowest BCUT2D eigenvalue weighted by atomic mass is 9.99. The molecule has 0 unspecified atom stereocenters. The molecule has 126 valence electrons. The molecule has 0 radical (unpaired) electrons. The molecular formula is C19H15ClN2O3. The molecule has 1 saturated heterocycles. The van der Waals surface area contributed by atoms with Crippen molar-refractivity contribution in [2.45, 2.75) is 6.10 Å². The number of nitrogens with one attached hydrogen (secondary N) is 2. The first-order valence-electron chi connectivity index (χ1n) is 7.90. The van der Waals surface area contributed by atoms with Crippen LogP contribution in [0.1, 0.15) is 22.0 Å². The number of ether oxygens (including phenoxy) is 1. The van der Waals surface area contributed by atoms with Crippen LogP contribution in [0.15, 0.2) is 42.6 Å². The Labute approximate surface area is 148 Å². The Bertz CT molecular complexity index is 953. The van der Waals surface area contributed by atoms with E-state index in [0.717, 1.165) is 33.9 Å². The zero-order valence-electron chi connectivity index (χ0n) is 13.2. The number of carbonyl (C=O) groups is 2. The van der Waals surface area contributed by atoms with E-state index in [1.54, 1.807) is 6.20 Å². The van der Waals surface area contributed by atoms with Crippen molar-refractivity contribution in [3.63, 3.8) is 0 Å². The van der Waals surface area contributed by atoms with Crippen LogP contribution in [0.5, 0.6) is 0 Å². The van der Waals surface area contributed by atoms with Gasteiger partial charge in [-0.05, 0) is 23.3 Å². The Morgan fingerprint density at radius 2 is 2.00 bits per heavy atom. The molecule has 1 amide bonds. The molecule has 1 atom stereocenters. The maximum atomic E-state index is 11.2. The summed E-state index contributed by atoms with van der Waals surface area (Å²) < 4.78 is 5.54. The molecule has 6 heteroatoms. The summed E-state index contributed by atoms with van der Waals surface area (Å²) in [5, 5.41) is 4.25. The Morgan fingerprint density at radius 1 is 1.20 bits per heavy atom. The second-order valence-corrected chi connectivity index (χ2v) is 6.37. The Kier molecular flexibility index (Phi) is 4.03. The van der Waals surface area contributed by atoms with Crippen LogP contribution in [0, 0.1) is 0 Å². The van der Waals surface area contributed by atoms with Crippen molar-refractivity contribution < 1.29 is 14.3 Å². The monoisotopic (exact) mass is 354 g/mol. The summed E-state index contributed by atoms with van der Waals surface area (Å²) in [7, 11) is 0. The van der Waals surface area contributed by atoms with E-state index in [-0.39, 0.29) is 18.6 Å². The smallest absolute Gasteiger partial charge is 0.246 e. The number of H-pyrrole nitrogens is 1. The molecule has 0 aliphatic carbocycles. The number of benzene rings is 2. The van der Waals surface area contributed by atoms with Crippen molar-refractivity contribution in [1.29, 1.82) is 0 Å². The molecule has 0 saturated carbocycles. The maximum Gasteiger partial charge on any atom is 0.246 e. The highest BCUT2D eigenvalue weighted by atomic mass is 35.5. The van der Waals surface area contributed by atoms with E-state index in [2.05, 4.69) is 10.3 Å². The van der Waals surface area contributed by atoms with Crippen LogP contribution in [0.25, 0.3) is 22.0 Å². The third-order valence-corrected chi connectivity index (χ3v) is 4.73. The molecule has 2 N–H and O–H groups in total. The summed E-state index contributed by atoms with van der Waals surface area (Å²) in [5.41, 5.74) is 4.25. The summed E-state index contributed by atoms with van der Waals surface area (Å²) in [4.78, 5) is 25.4. The van der Waals surface area contributed by atoms with Gasteiger partial charge >= 0.3 is 0 Å². The van der Waals surface area contributed by atoms with Crippen molar-refractivity contribution in [2.24, 2.45) is 0 Å². The highest BCUT2D eigenvalue weighted by Crippen LogP contribution is 2.34. The number of aromatic amines is 1. The second-order valence-electron chi connectivity index (χ2n) is 5.97. The van der Waals surface area contributed by atoms with Crippen LogP contribution >= 0.6 is 11.6 Å². The maximum absolute atomic E-state index is 11.2. The molecule has 5 nitrogen and oxygen atoms in total. The van der Waals surface area contributed by atoms with E-state index < -0.39 is 0 Å². The lowest BCUT2D eigenvalue weighted by Gasteiger charge is -2.23. The first kappa shape index (κ1) is 15.9. The number of halogens is 1. The highest BCUT2D eigenvalue weighted by molar-refractivity contribution is 6.34. The number of aldehydes is 1. The van der Waals surface area contributed by atoms with Crippen molar-refractivity contribution in [3.8, 4) is 11.1 Å².